The van der Waals surface area contributed by atoms with Crippen molar-refractivity contribution in [2.45, 2.75) is 26.4 Å². The summed E-state index contributed by atoms with van der Waals surface area (Å²) >= 11 is 0. The molecule has 0 saturated carbocycles. The van der Waals surface area contributed by atoms with Crippen LogP contribution in [0.5, 0.6) is 0 Å². The lowest BCUT2D eigenvalue weighted by Crippen LogP contribution is -2.22. The summed E-state index contributed by atoms with van der Waals surface area (Å²) in [7, 11) is 0. The lowest BCUT2D eigenvalue weighted by atomic mass is 9.93. The van der Waals surface area contributed by atoms with Crippen molar-refractivity contribution < 1.29 is 9.53 Å². The second kappa shape index (κ2) is 5.59. The van der Waals surface area contributed by atoms with Gasteiger partial charge in [0.05, 0.1) is 0 Å². The second-order valence-corrected chi connectivity index (χ2v) is 7.42. The summed E-state index contributed by atoms with van der Waals surface area (Å²) in [6.45, 7) is 5.60. The van der Waals surface area contributed by atoms with Crippen molar-refractivity contribution in [1.29, 1.82) is 0 Å². The third-order valence-electron chi connectivity index (χ3n) is 4.30. The molecule has 0 unspecified atom stereocenters. The topological polar surface area (TPSA) is 26.3 Å². The summed E-state index contributed by atoms with van der Waals surface area (Å²) in [5.41, 5.74) is 0.520. The summed E-state index contributed by atoms with van der Waals surface area (Å²) in [6, 6.07) is 19.2. The summed E-state index contributed by atoms with van der Waals surface area (Å²) in [5, 5.41) is 7.47. The number of ether oxygens (including phenoxy) is 1. The molecule has 0 aromatic heterocycles. The molecule has 25 heavy (non-hydrogen) atoms. The smallest absolute Gasteiger partial charge is 0.331 e. The van der Waals surface area contributed by atoms with E-state index in [4.69, 9.17) is 4.74 Å². The van der Waals surface area contributed by atoms with Crippen LogP contribution in [0.15, 0.2) is 60.7 Å². The van der Waals surface area contributed by atoms with E-state index in [0.717, 1.165) is 5.56 Å². The Morgan fingerprint density at radius 3 is 1.92 bits per heavy atom. The molecule has 4 aromatic carbocycles. The standard InChI is InChI=1S/C23H20O2/c1-23(2,3)25-20(24)12-7-15-13-18-10-8-16-5-4-6-17-9-11-19(14-15)22(18)21(16)17/h4-14H,1-3H3/b12-7+. The van der Waals surface area contributed by atoms with Gasteiger partial charge in [-0.3, -0.25) is 0 Å². The van der Waals surface area contributed by atoms with Crippen LogP contribution in [0.3, 0.4) is 0 Å². The van der Waals surface area contributed by atoms with Crippen molar-refractivity contribution >= 4 is 44.4 Å². The quantitative estimate of drug-likeness (QED) is 0.259. The van der Waals surface area contributed by atoms with Crippen molar-refractivity contribution in [2.24, 2.45) is 0 Å². The minimum atomic E-state index is -0.477. The average molecular weight is 328 g/mol. The van der Waals surface area contributed by atoms with Gasteiger partial charge in [0.15, 0.2) is 0 Å². The Morgan fingerprint density at radius 1 is 0.840 bits per heavy atom. The monoisotopic (exact) mass is 328 g/mol. The second-order valence-electron chi connectivity index (χ2n) is 7.42. The fourth-order valence-corrected chi connectivity index (χ4v) is 3.37. The average Bonchev–Trinajstić information content (AvgIpc) is 2.56. The van der Waals surface area contributed by atoms with Crippen molar-refractivity contribution in [1.82, 2.24) is 0 Å². The van der Waals surface area contributed by atoms with Gasteiger partial charge in [0.1, 0.15) is 5.60 Å². The molecule has 0 radical (unpaired) electrons. The van der Waals surface area contributed by atoms with E-state index >= 15 is 0 Å². The van der Waals surface area contributed by atoms with Gasteiger partial charge in [-0.05, 0) is 76.9 Å². The Kier molecular flexibility index (Phi) is 3.50. The molecule has 2 nitrogen and oxygen atoms in total. The fourth-order valence-electron chi connectivity index (χ4n) is 3.37. The van der Waals surface area contributed by atoms with E-state index < -0.39 is 5.60 Å². The zero-order valence-electron chi connectivity index (χ0n) is 14.7. The fraction of sp³-hybridized carbons (Fsp3) is 0.174. The van der Waals surface area contributed by atoms with Crippen LogP contribution >= 0.6 is 0 Å². The molecule has 4 aromatic rings. The van der Waals surface area contributed by atoms with Gasteiger partial charge >= 0.3 is 5.97 Å². The number of esters is 1. The molecule has 0 N–H and O–H groups in total. The molecule has 0 amide bonds. The Balaban J connectivity index is 1.80. The zero-order chi connectivity index (χ0) is 17.6. The van der Waals surface area contributed by atoms with E-state index in [1.807, 2.05) is 26.8 Å². The van der Waals surface area contributed by atoms with Gasteiger partial charge in [0.2, 0.25) is 0 Å². The van der Waals surface area contributed by atoms with E-state index in [1.54, 1.807) is 0 Å². The first kappa shape index (κ1) is 15.6. The zero-order valence-corrected chi connectivity index (χ0v) is 14.7. The number of hydrogen-bond donors (Lipinski definition) is 0. The Hall–Kier alpha value is -2.87. The van der Waals surface area contributed by atoms with Gasteiger partial charge in [0, 0.05) is 6.08 Å². The first-order valence-electron chi connectivity index (χ1n) is 8.49. The van der Waals surface area contributed by atoms with Crippen molar-refractivity contribution in [2.75, 3.05) is 0 Å². The molecule has 0 fully saturated rings. The van der Waals surface area contributed by atoms with Crippen LogP contribution in [0, 0.1) is 0 Å². The SMILES string of the molecule is CC(C)(C)OC(=O)/C=C/c1cc2ccc3cccc4ccc(c1)c2c34. The highest BCUT2D eigenvalue weighted by Gasteiger charge is 2.14. The number of rotatable bonds is 2. The third-order valence-corrected chi connectivity index (χ3v) is 4.30. The molecule has 0 spiro atoms. The van der Waals surface area contributed by atoms with E-state index in [1.165, 1.54) is 38.4 Å². The van der Waals surface area contributed by atoms with Crippen molar-refractivity contribution in [3.63, 3.8) is 0 Å². The highest BCUT2D eigenvalue weighted by atomic mass is 16.6. The normalized spacial score (nSPS) is 12.6. The molecule has 2 heteroatoms. The maximum atomic E-state index is 11.9. The Morgan fingerprint density at radius 2 is 1.36 bits per heavy atom. The van der Waals surface area contributed by atoms with Gasteiger partial charge in [-0.2, -0.15) is 0 Å². The molecular formula is C23H20O2. The minimum Gasteiger partial charge on any atom is -0.457 e. The Bertz CT molecular complexity index is 1050. The van der Waals surface area contributed by atoms with Crippen molar-refractivity contribution in [3.8, 4) is 0 Å². The van der Waals surface area contributed by atoms with Crippen molar-refractivity contribution in [3.05, 3.63) is 66.2 Å². The van der Waals surface area contributed by atoms with E-state index in [0.29, 0.717) is 0 Å². The third kappa shape index (κ3) is 2.96. The van der Waals surface area contributed by atoms with E-state index in [9.17, 15) is 4.79 Å². The van der Waals surface area contributed by atoms with Crippen LogP contribution in [0.2, 0.25) is 0 Å². The molecule has 0 atom stereocenters. The molecule has 4 rings (SSSR count). The predicted molar refractivity (Wildman–Crippen MR) is 105 cm³/mol. The largest absolute Gasteiger partial charge is 0.457 e. The Labute approximate surface area is 147 Å². The molecule has 0 saturated heterocycles. The molecule has 0 heterocycles. The van der Waals surface area contributed by atoms with Gasteiger partial charge < -0.3 is 4.74 Å². The summed E-state index contributed by atoms with van der Waals surface area (Å²) in [4.78, 5) is 11.9. The molecule has 0 aliphatic carbocycles. The highest BCUT2D eigenvalue weighted by molar-refractivity contribution is 6.23. The number of hydrogen-bond acceptors (Lipinski definition) is 2. The van der Waals surface area contributed by atoms with Crippen LogP contribution in [0.1, 0.15) is 26.3 Å². The predicted octanol–water partition coefficient (Wildman–Crippen LogP) is 5.94. The maximum absolute atomic E-state index is 11.9. The molecule has 0 aliphatic heterocycles. The lowest BCUT2D eigenvalue weighted by Gasteiger charge is -2.17. The van der Waals surface area contributed by atoms with Crippen LogP contribution in [0.25, 0.3) is 38.4 Å². The van der Waals surface area contributed by atoms with Crippen LogP contribution in [-0.2, 0) is 9.53 Å². The van der Waals surface area contributed by atoms with Crippen LogP contribution < -0.4 is 0 Å². The van der Waals surface area contributed by atoms with Gasteiger partial charge in [-0.15, -0.1) is 0 Å². The van der Waals surface area contributed by atoms with Crippen LogP contribution in [0.4, 0.5) is 0 Å². The molecule has 0 aliphatic rings. The van der Waals surface area contributed by atoms with E-state index in [2.05, 4.69) is 54.6 Å². The summed E-state index contributed by atoms with van der Waals surface area (Å²) < 4.78 is 5.33. The summed E-state index contributed by atoms with van der Waals surface area (Å²) in [5.74, 6) is -0.322. The number of carbonyl (C=O) groups excluding carboxylic acids is 1. The number of benzene rings is 4. The first-order chi connectivity index (χ1) is 11.9. The maximum Gasteiger partial charge on any atom is 0.331 e. The highest BCUT2D eigenvalue weighted by Crippen LogP contribution is 2.35. The number of carbonyl (C=O) groups is 1. The van der Waals surface area contributed by atoms with Crippen LogP contribution in [-0.4, -0.2) is 11.6 Å². The summed E-state index contributed by atoms with van der Waals surface area (Å²) in [6.07, 6.45) is 3.32. The van der Waals surface area contributed by atoms with E-state index in [-0.39, 0.29) is 5.97 Å². The van der Waals surface area contributed by atoms with Gasteiger partial charge in [-0.1, -0.05) is 42.5 Å². The lowest BCUT2D eigenvalue weighted by molar-refractivity contribution is -0.148. The first-order valence-corrected chi connectivity index (χ1v) is 8.49. The molecule has 124 valence electrons. The molecule has 0 bridgehead atoms. The van der Waals surface area contributed by atoms with Gasteiger partial charge in [-0.25, -0.2) is 4.79 Å². The van der Waals surface area contributed by atoms with Gasteiger partial charge in [0.25, 0.3) is 0 Å². The molecular weight excluding hydrogens is 308 g/mol. The minimum absolute atomic E-state index is 0.322.